The van der Waals surface area contributed by atoms with Gasteiger partial charge in [-0.1, -0.05) is 146 Å². The van der Waals surface area contributed by atoms with Crippen LogP contribution >= 0.6 is 0 Å². The van der Waals surface area contributed by atoms with E-state index in [1.807, 2.05) is 0 Å². The Morgan fingerprint density at radius 1 is 0.196 bits per heavy atom. The minimum Gasteiger partial charge on any atom is -0.309 e. The summed E-state index contributed by atoms with van der Waals surface area (Å²) in [5, 5.41) is 12.7. The van der Waals surface area contributed by atoms with Gasteiger partial charge >= 0.3 is 0 Å². The standard InChI is InChI=1S/C54H34N2/c1-3-13-35(14-4-1)36-24-29-52-49(31-36)50-32-37(25-30-53(50)55(52)39-15-5-2-6-16-39)38-23-27-47-46-21-11-12-22-51(46)56(54(47)33-38)40-26-28-45-43-19-8-7-17-41(43)42-18-9-10-20-44(42)48(45)34-40/h1-34H. The van der Waals surface area contributed by atoms with Gasteiger partial charge in [-0.25, -0.2) is 0 Å². The summed E-state index contributed by atoms with van der Waals surface area (Å²) in [5.41, 5.74) is 12.0. The van der Waals surface area contributed by atoms with Crippen molar-refractivity contribution in [2.75, 3.05) is 0 Å². The van der Waals surface area contributed by atoms with Gasteiger partial charge in [0.2, 0.25) is 0 Å². The van der Waals surface area contributed by atoms with Crippen molar-refractivity contribution in [3.05, 3.63) is 206 Å². The van der Waals surface area contributed by atoms with E-state index in [2.05, 4.69) is 215 Å². The van der Waals surface area contributed by atoms with Crippen molar-refractivity contribution in [1.82, 2.24) is 9.13 Å². The second-order valence-electron chi connectivity index (χ2n) is 14.9. The van der Waals surface area contributed by atoms with Gasteiger partial charge in [-0.15, -0.1) is 0 Å². The molecule has 0 aliphatic heterocycles. The van der Waals surface area contributed by atoms with Crippen LogP contribution in [0, 0.1) is 0 Å². The summed E-state index contributed by atoms with van der Waals surface area (Å²) in [4.78, 5) is 0. The highest BCUT2D eigenvalue weighted by molar-refractivity contribution is 6.25. The molecule has 0 bridgehead atoms. The Morgan fingerprint density at radius 3 is 1.29 bits per heavy atom. The summed E-state index contributed by atoms with van der Waals surface area (Å²) in [6.07, 6.45) is 0. The fraction of sp³-hybridized carbons (Fsp3) is 0. The van der Waals surface area contributed by atoms with Crippen molar-refractivity contribution >= 4 is 75.9 Å². The van der Waals surface area contributed by atoms with Gasteiger partial charge in [0.15, 0.2) is 0 Å². The maximum absolute atomic E-state index is 2.46. The molecule has 0 radical (unpaired) electrons. The van der Waals surface area contributed by atoms with Crippen molar-refractivity contribution in [2.24, 2.45) is 0 Å². The van der Waals surface area contributed by atoms with Crippen LogP contribution in [0.15, 0.2) is 206 Å². The lowest BCUT2D eigenvalue weighted by molar-refractivity contribution is 1.18. The Bertz CT molecular complexity index is 3480. The molecule has 2 heteroatoms. The molecule has 0 saturated carbocycles. The SMILES string of the molecule is c1ccc(-c2ccc3c(c2)c2cc(-c4ccc5c6ccccc6n(-c6ccc7c8ccccc8c8ccccc8c7c6)c5c4)ccc2n3-c2ccccc2)cc1. The molecule has 0 N–H and O–H groups in total. The third-order valence-electron chi connectivity index (χ3n) is 11.9. The van der Waals surface area contributed by atoms with Crippen LogP contribution in [0.5, 0.6) is 0 Å². The quantitative estimate of drug-likeness (QED) is 0.161. The molecule has 0 aliphatic rings. The molecule has 0 spiro atoms. The number of benzene rings is 10. The largest absolute Gasteiger partial charge is 0.309 e. The highest BCUT2D eigenvalue weighted by Gasteiger charge is 2.18. The van der Waals surface area contributed by atoms with Crippen LogP contribution in [0.25, 0.3) is 110 Å². The Labute approximate surface area is 323 Å². The number of rotatable bonds is 4. The van der Waals surface area contributed by atoms with Gasteiger partial charge in [0.1, 0.15) is 0 Å². The van der Waals surface area contributed by atoms with Crippen LogP contribution in [-0.4, -0.2) is 9.13 Å². The molecule has 260 valence electrons. The summed E-state index contributed by atoms with van der Waals surface area (Å²) in [7, 11) is 0. The molecule has 10 aromatic carbocycles. The predicted octanol–water partition coefficient (Wildman–Crippen LogP) is 14.7. The van der Waals surface area contributed by atoms with Crippen LogP contribution in [0.1, 0.15) is 0 Å². The Hall–Kier alpha value is -7.42. The van der Waals surface area contributed by atoms with Crippen molar-refractivity contribution in [3.8, 4) is 33.6 Å². The number of hydrogen-bond donors (Lipinski definition) is 0. The van der Waals surface area contributed by atoms with E-state index < -0.39 is 0 Å². The van der Waals surface area contributed by atoms with Gasteiger partial charge in [-0.3, -0.25) is 0 Å². The van der Waals surface area contributed by atoms with Crippen LogP contribution in [-0.2, 0) is 0 Å². The number of fused-ring (bicyclic) bond motifs is 12. The van der Waals surface area contributed by atoms with E-state index in [-0.39, 0.29) is 0 Å². The van der Waals surface area contributed by atoms with E-state index >= 15 is 0 Å². The van der Waals surface area contributed by atoms with E-state index in [9.17, 15) is 0 Å². The minimum absolute atomic E-state index is 1.16. The molecule has 0 aliphatic carbocycles. The first-order chi connectivity index (χ1) is 27.8. The van der Waals surface area contributed by atoms with Crippen molar-refractivity contribution in [1.29, 1.82) is 0 Å². The van der Waals surface area contributed by atoms with E-state index in [0.717, 1.165) is 11.4 Å². The third-order valence-corrected chi connectivity index (χ3v) is 11.9. The smallest absolute Gasteiger partial charge is 0.0547 e. The Kier molecular flexibility index (Phi) is 6.66. The second kappa shape index (κ2) is 12.0. The second-order valence-corrected chi connectivity index (χ2v) is 14.9. The zero-order valence-corrected chi connectivity index (χ0v) is 30.5. The van der Waals surface area contributed by atoms with Gasteiger partial charge in [0, 0.05) is 32.9 Å². The molecule has 0 saturated heterocycles. The molecular formula is C54H34N2. The highest BCUT2D eigenvalue weighted by Crippen LogP contribution is 2.41. The molecule has 2 aromatic heterocycles. The summed E-state index contributed by atoms with van der Waals surface area (Å²) in [6, 6.07) is 75.8. The molecular weight excluding hydrogens is 677 g/mol. The van der Waals surface area contributed by atoms with Crippen molar-refractivity contribution in [2.45, 2.75) is 0 Å². The highest BCUT2D eigenvalue weighted by atomic mass is 15.0. The van der Waals surface area contributed by atoms with E-state index in [1.54, 1.807) is 0 Å². The summed E-state index contributed by atoms with van der Waals surface area (Å²) >= 11 is 0. The maximum atomic E-state index is 2.46. The fourth-order valence-corrected chi connectivity index (χ4v) is 9.33. The van der Waals surface area contributed by atoms with E-state index in [1.165, 1.54) is 98.2 Å². The van der Waals surface area contributed by atoms with Crippen molar-refractivity contribution in [3.63, 3.8) is 0 Å². The van der Waals surface area contributed by atoms with Gasteiger partial charge in [0.05, 0.1) is 22.1 Å². The predicted molar refractivity (Wildman–Crippen MR) is 239 cm³/mol. The van der Waals surface area contributed by atoms with Crippen LogP contribution in [0.2, 0.25) is 0 Å². The monoisotopic (exact) mass is 710 g/mol. The third kappa shape index (κ3) is 4.57. The van der Waals surface area contributed by atoms with E-state index in [0.29, 0.717) is 0 Å². The first kappa shape index (κ1) is 31.0. The number of nitrogens with zero attached hydrogens (tertiary/aromatic N) is 2. The van der Waals surface area contributed by atoms with Crippen LogP contribution in [0.4, 0.5) is 0 Å². The summed E-state index contributed by atoms with van der Waals surface area (Å²) < 4.78 is 4.86. The molecule has 12 aromatic rings. The zero-order chi connectivity index (χ0) is 36.7. The molecule has 56 heavy (non-hydrogen) atoms. The summed E-state index contributed by atoms with van der Waals surface area (Å²) in [6.45, 7) is 0. The molecule has 0 fully saturated rings. The summed E-state index contributed by atoms with van der Waals surface area (Å²) in [5.74, 6) is 0. The maximum Gasteiger partial charge on any atom is 0.0547 e. The fourth-order valence-electron chi connectivity index (χ4n) is 9.33. The van der Waals surface area contributed by atoms with Gasteiger partial charge < -0.3 is 9.13 Å². The molecule has 2 nitrogen and oxygen atoms in total. The molecule has 2 heterocycles. The number of aromatic nitrogens is 2. The molecule has 0 atom stereocenters. The molecule has 0 amide bonds. The first-order valence-corrected chi connectivity index (χ1v) is 19.3. The van der Waals surface area contributed by atoms with Gasteiger partial charge in [-0.05, 0) is 115 Å². The molecule has 0 unspecified atom stereocenters. The Morgan fingerprint density at radius 2 is 0.625 bits per heavy atom. The Balaban J connectivity index is 1.09. The normalized spacial score (nSPS) is 11.9. The van der Waals surface area contributed by atoms with Gasteiger partial charge in [0.25, 0.3) is 0 Å². The van der Waals surface area contributed by atoms with Gasteiger partial charge in [-0.2, -0.15) is 0 Å². The van der Waals surface area contributed by atoms with Crippen LogP contribution in [0.3, 0.4) is 0 Å². The minimum atomic E-state index is 1.16. The molecule has 12 rings (SSSR count). The van der Waals surface area contributed by atoms with E-state index in [4.69, 9.17) is 0 Å². The average molecular weight is 711 g/mol. The lowest BCUT2D eigenvalue weighted by Gasteiger charge is -2.14. The zero-order valence-electron chi connectivity index (χ0n) is 30.5. The lowest BCUT2D eigenvalue weighted by atomic mass is 9.94. The average Bonchev–Trinajstić information content (AvgIpc) is 3.78. The number of hydrogen-bond acceptors (Lipinski definition) is 0. The topological polar surface area (TPSA) is 9.86 Å². The first-order valence-electron chi connectivity index (χ1n) is 19.3. The van der Waals surface area contributed by atoms with Crippen molar-refractivity contribution < 1.29 is 0 Å². The lowest BCUT2D eigenvalue weighted by Crippen LogP contribution is -1.95. The number of para-hydroxylation sites is 2. The van der Waals surface area contributed by atoms with Crippen LogP contribution < -0.4 is 0 Å².